The Morgan fingerprint density at radius 1 is 1.29 bits per heavy atom. The van der Waals surface area contributed by atoms with E-state index >= 15 is 0 Å². The molecule has 0 bridgehead atoms. The molecule has 0 radical (unpaired) electrons. The number of carbonyl (C=O) groups excluding carboxylic acids is 1. The number of amides is 1. The quantitative estimate of drug-likeness (QED) is 0.778. The number of alkyl halides is 1. The molecule has 0 saturated carbocycles. The van der Waals surface area contributed by atoms with Gasteiger partial charge in [0.15, 0.2) is 0 Å². The van der Waals surface area contributed by atoms with Gasteiger partial charge in [0.1, 0.15) is 0 Å². The van der Waals surface area contributed by atoms with E-state index < -0.39 is 0 Å². The van der Waals surface area contributed by atoms with Gasteiger partial charge in [-0.3, -0.25) is 4.79 Å². The second kappa shape index (κ2) is 5.80. The highest BCUT2D eigenvalue weighted by Gasteiger charge is 2.08. The van der Waals surface area contributed by atoms with E-state index in [2.05, 4.69) is 37.2 Å². The normalized spacial score (nSPS) is 10.2. The third kappa shape index (κ3) is 3.40. The average Bonchev–Trinajstić information content (AvgIpc) is 2.76. The number of nitrogens with one attached hydrogen (secondary N) is 1. The molecular weight excluding hydrogens is 366 g/mol. The van der Waals surface area contributed by atoms with Crippen LogP contribution in [0.2, 0.25) is 0 Å². The zero-order chi connectivity index (χ0) is 12.3. The summed E-state index contributed by atoms with van der Waals surface area (Å²) in [6.07, 6.45) is 0. The first-order valence-corrected chi connectivity index (χ1v) is 7.64. The van der Waals surface area contributed by atoms with Crippen LogP contribution in [-0.2, 0) is 5.33 Å². The molecule has 1 aromatic carbocycles. The largest absolute Gasteiger partial charge is 0.321 e. The van der Waals surface area contributed by atoms with Crippen LogP contribution in [0.5, 0.6) is 0 Å². The van der Waals surface area contributed by atoms with Gasteiger partial charge >= 0.3 is 0 Å². The van der Waals surface area contributed by atoms with Crippen LogP contribution >= 0.6 is 43.2 Å². The highest BCUT2D eigenvalue weighted by Crippen LogP contribution is 2.23. The Morgan fingerprint density at radius 3 is 2.76 bits per heavy atom. The summed E-state index contributed by atoms with van der Waals surface area (Å²) in [5.41, 5.74) is 1.95. The molecule has 1 amide bonds. The molecule has 5 heteroatoms. The number of anilines is 1. The maximum absolute atomic E-state index is 11.9. The lowest BCUT2D eigenvalue weighted by molar-refractivity contribution is 0.103. The molecule has 0 aliphatic rings. The maximum Gasteiger partial charge on any atom is 0.265 e. The predicted molar refractivity (Wildman–Crippen MR) is 79.0 cm³/mol. The van der Waals surface area contributed by atoms with Gasteiger partial charge in [0.25, 0.3) is 5.91 Å². The molecule has 0 aliphatic heterocycles. The molecule has 17 heavy (non-hydrogen) atoms. The molecule has 0 fully saturated rings. The average molecular weight is 375 g/mol. The molecule has 0 aliphatic carbocycles. The molecule has 2 rings (SSSR count). The van der Waals surface area contributed by atoms with Crippen molar-refractivity contribution in [3.8, 4) is 0 Å². The van der Waals surface area contributed by atoms with Gasteiger partial charge in [-0.25, -0.2) is 0 Å². The Balaban J connectivity index is 2.12. The van der Waals surface area contributed by atoms with Gasteiger partial charge < -0.3 is 5.32 Å². The molecule has 1 aromatic heterocycles. The minimum atomic E-state index is -0.0765. The minimum absolute atomic E-state index is 0.0765. The third-order valence-corrected chi connectivity index (χ3v) is 4.41. The molecule has 1 N–H and O–H groups in total. The number of thiophene rings is 1. The number of rotatable bonds is 3. The zero-order valence-corrected chi connectivity index (χ0v) is 12.7. The SMILES string of the molecule is O=C(Nc1cccc(CBr)c1)c1ccc(Br)s1. The fourth-order valence-corrected chi connectivity index (χ4v) is 2.99. The Hall–Kier alpha value is -0.650. The molecule has 1 heterocycles. The van der Waals surface area contributed by atoms with Crippen LogP contribution in [0, 0.1) is 0 Å². The number of benzene rings is 1. The van der Waals surface area contributed by atoms with Gasteiger partial charge in [-0.15, -0.1) is 11.3 Å². The first-order chi connectivity index (χ1) is 8.19. The van der Waals surface area contributed by atoms with Crippen molar-refractivity contribution in [1.29, 1.82) is 0 Å². The number of halogens is 2. The fraction of sp³-hybridized carbons (Fsp3) is 0.0833. The van der Waals surface area contributed by atoms with E-state index in [1.54, 1.807) is 6.07 Å². The lowest BCUT2D eigenvalue weighted by Crippen LogP contribution is -2.10. The highest BCUT2D eigenvalue weighted by atomic mass is 79.9. The van der Waals surface area contributed by atoms with Gasteiger partial charge in [-0.05, 0) is 45.8 Å². The fourth-order valence-electron chi connectivity index (χ4n) is 1.36. The summed E-state index contributed by atoms with van der Waals surface area (Å²) in [4.78, 5) is 12.6. The van der Waals surface area contributed by atoms with Crippen LogP contribution in [0.15, 0.2) is 40.2 Å². The molecule has 0 saturated heterocycles. The van der Waals surface area contributed by atoms with Crippen molar-refractivity contribution in [2.75, 3.05) is 5.32 Å². The van der Waals surface area contributed by atoms with E-state index in [0.717, 1.165) is 20.4 Å². The highest BCUT2D eigenvalue weighted by molar-refractivity contribution is 9.11. The first-order valence-electron chi connectivity index (χ1n) is 4.90. The van der Waals surface area contributed by atoms with Crippen molar-refractivity contribution in [3.63, 3.8) is 0 Å². The van der Waals surface area contributed by atoms with E-state index in [9.17, 15) is 4.79 Å². The zero-order valence-electron chi connectivity index (χ0n) is 8.74. The Bertz CT molecular complexity index is 539. The second-order valence-corrected chi connectivity index (χ2v) is 6.42. The Kier molecular flexibility index (Phi) is 4.36. The Labute approximate surface area is 120 Å². The summed E-state index contributed by atoms with van der Waals surface area (Å²) in [5, 5.41) is 3.66. The second-order valence-electron chi connectivity index (χ2n) is 3.39. The van der Waals surface area contributed by atoms with E-state index in [1.807, 2.05) is 30.3 Å². The molecule has 0 unspecified atom stereocenters. The van der Waals surface area contributed by atoms with E-state index in [4.69, 9.17) is 0 Å². The van der Waals surface area contributed by atoms with E-state index in [1.165, 1.54) is 11.3 Å². The smallest absolute Gasteiger partial charge is 0.265 e. The van der Waals surface area contributed by atoms with Crippen molar-refractivity contribution < 1.29 is 4.79 Å². The number of carbonyl (C=O) groups is 1. The number of hydrogen-bond acceptors (Lipinski definition) is 2. The van der Waals surface area contributed by atoms with Gasteiger partial charge in [0.2, 0.25) is 0 Å². The molecular formula is C12H9Br2NOS. The summed E-state index contributed by atoms with van der Waals surface area (Å²) in [5.74, 6) is -0.0765. The summed E-state index contributed by atoms with van der Waals surface area (Å²) in [7, 11) is 0. The monoisotopic (exact) mass is 373 g/mol. The van der Waals surface area contributed by atoms with Crippen molar-refractivity contribution >= 4 is 54.8 Å². The summed E-state index contributed by atoms with van der Waals surface area (Å²) >= 11 is 8.15. The molecule has 2 nitrogen and oxygen atoms in total. The third-order valence-electron chi connectivity index (χ3n) is 2.14. The molecule has 0 spiro atoms. The van der Waals surface area contributed by atoms with Crippen LogP contribution in [0.3, 0.4) is 0 Å². The molecule has 2 aromatic rings. The standard InChI is InChI=1S/C12H9Br2NOS/c13-7-8-2-1-3-9(6-8)15-12(16)10-4-5-11(14)17-10/h1-6H,7H2,(H,15,16). The molecule has 0 atom stereocenters. The van der Waals surface area contributed by atoms with Crippen molar-refractivity contribution in [2.24, 2.45) is 0 Å². The van der Waals surface area contributed by atoms with E-state index in [-0.39, 0.29) is 5.91 Å². The maximum atomic E-state index is 11.9. The lowest BCUT2D eigenvalue weighted by Gasteiger charge is -2.04. The van der Waals surface area contributed by atoms with Crippen LogP contribution in [0.4, 0.5) is 5.69 Å². The van der Waals surface area contributed by atoms with Gasteiger partial charge in [-0.2, -0.15) is 0 Å². The van der Waals surface area contributed by atoms with Crippen molar-refractivity contribution in [1.82, 2.24) is 0 Å². The predicted octanol–water partition coefficient (Wildman–Crippen LogP) is 4.66. The van der Waals surface area contributed by atoms with Crippen LogP contribution < -0.4 is 5.32 Å². The summed E-state index contributed by atoms with van der Waals surface area (Å²) < 4.78 is 0.955. The summed E-state index contributed by atoms with van der Waals surface area (Å²) in [6, 6.07) is 11.4. The van der Waals surface area contributed by atoms with E-state index in [0.29, 0.717) is 4.88 Å². The van der Waals surface area contributed by atoms with Crippen LogP contribution in [0.25, 0.3) is 0 Å². The molecule has 88 valence electrons. The Morgan fingerprint density at radius 2 is 2.12 bits per heavy atom. The van der Waals surface area contributed by atoms with Crippen LogP contribution in [-0.4, -0.2) is 5.91 Å². The van der Waals surface area contributed by atoms with Gasteiger partial charge in [-0.1, -0.05) is 28.1 Å². The topological polar surface area (TPSA) is 29.1 Å². The van der Waals surface area contributed by atoms with Crippen LogP contribution in [0.1, 0.15) is 15.2 Å². The summed E-state index contributed by atoms with van der Waals surface area (Å²) in [6.45, 7) is 0. The van der Waals surface area contributed by atoms with Crippen molar-refractivity contribution in [3.05, 3.63) is 50.6 Å². The number of hydrogen-bond donors (Lipinski definition) is 1. The minimum Gasteiger partial charge on any atom is -0.321 e. The van der Waals surface area contributed by atoms with Gasteiger partial charge in [0, 0.05) is 11.0 Å². The first kappa shape index (κ1) is 12.8. The van der Waals surface area contributed by atoms with Crippen molar-refractivity contribution in [2.45, 2.75) is 5.33 Å². The van der Waals surface area contributed by atoms with Gasteiger partial charge in [0.05, 0.1) is 8.66 Å². The lowest BCUT2D eigenvalue weighted by atomic mass is 10.2.